The fourth-order valence-corrected chi connectivity index (χ4v) is 4.38. The Morgan fingerprint density at radius 1 is 1.21 bits per heavy atom. The number of nitrogens with two attached hydrogens (primary N) is 1. The number of anilines is 2. The van der Waals surface area contributed by atoms with Gasteiger partial charge in [0.1, 0.15) is 5.82 Å². The average molecular weight is 326 g/mol. The van der Waals surface area contributed by atoms with Crippen molar-refractivity contribution in [3.8, 4) is 0 Å². The molecule has 1 aromatic rings. The van der Waals surface area contributed by atoms with Crippen molar-refractivity contribution in [2.45, 2.75) is 64.5 Å². The first-order valence-corrected chi connectivity index (χ1v) is 9.47. The van der Waals surface area contributed by atoms with E-state index >= 15 is 0 Å². The lowest BCUT2D eigenvalue weighted by molar-refractivity contribution is 0.282. The zero-order valence-electron chi connectivity index (χ0n) is 15.0. The quantitative estimate of drug-likeness (QED) is 0.872. The van der Waals surface area contributed by atoms with Crippen LogP contribution in [0.4, 0.5) is 11.5 Å². The summed E-state index contributed by atoms with van der Waals surface area (Å²) in [6.45, 7) is 6.82. The van der Waals surface area contributed by atoms with Crippen molar-refractivity contribution in [3.63, 3.8) is 0 Å². The van der Waals surface area contributed by atoms with E-state index in [0.717, 1.165) is 43.1 Å². The Labute approximate surface area is 145 Å². The van der Waals surface area contributed by atoms with Crippen molar-refractivity contribution in [3.05, 3.63) is 23.9 Å². The summed E-state index contributed by atoms with van der Waals surface area (Å²) >= 11 is 0. The van der Waals surface area contributed by atoms with Gasteiger partial charge in [-0.25, -0.2) is 4.98 Å². The van der Waals surface area contributed by atoms with Crippen LogP contribution in [0, 0.1) is 5.41 Å². The van der Waals surface area contributed by atoms with E-state index in [4.69, 9.17) is 10.7 Å². The van der Waals surface area contributed by atoms with Gasteiger partial charge in [0.25, 0.3) is 0 Å². The van der Waals surface area contributed by atoms with Crippen LogP contribution in [0.5, 0.6) is 0 Å². The third-order valence-electron chi connectivity index (χ3n) is 5.97. The maximum Gasteiger partial charge on any atom is 0.129 e. The summed E-state index contributed by atoms with van der Waals surface area (Å²) in [6.07, 6.45) is 9.70. The maximum atomic E-state index is 6.28. The van der Waals surface area contributed by atoms with Gasteiger partial charge in [-0.3, -0.25) is 0 Å². The predicted octanol–water partition coefficient (Wildman–Crippen LogP) is 3.59. The summed E-state index contributed by atoms with van der Waals surface area (Å²) in [7, 11) is 0. The van der Waals surface area contributed by atoms with Gasteiger partial charge in [-0.05, 0) is 55.2 Å². The number of piperidine rings is 1. The molecule has 4 nitrogen and oxygen atoms in total. The van der Waals surface area contributed by atoms with Crippen molar-refractivity contribution in [2.24, 2.45) is 5.41 Å². The van der Waals surface area contributed by atoms with Crippen LogP contribution >= 0.6 is 0 Å². The molecule has 1 aromatic heterocycles. The second-order valence-electron chi connectivity index (χ2n) is 8.60. The second-order valence-corrected chi connectivity index (χ2v) is 8.60. The highest BCUT2D eigenvalue weighted by atomic mass is 15.3. The predicted molar refractivity (Wildman–Crippen MR) is 101 cm³/mol. The number of nitrogens with zero attached hydrogens (tertiary/aromatic N) is 2. The van der Waals surface area contributed by atoms with Crippen LogP contribution in [0.25, 0.3) is 5.57 Å². The van der Waals surface area contributed by atoms with Gasteiger partial charge in [-0.2, -0.15) is 0 Å². The van der Waals surface area contributed by atoms with Crippen molar-refractivity contribution in [2.75, 3.05) is 23.7 Å². The van der Waals surface area contributed by atoms with Gasteiger partial charge in [-0.1, -0.05) is 26.3 Å². The lowest BCUT2D eigenvalue weighted by atomic mass is 9.77. The van der Waals surface area contributed by atoms with E-state index in [1.807, 2.05) is 0 Å². The molecular formula is C20H30N4. The zero-order chi connectivity index (χ0) is 16.7. The Morgan fingerprint density at radius 2 is 1.96 bits per heavy atom. The highest BCUT2D eigenvalue weighted by Gasteiger charge is 2.31. The number of fused-ring (bicyclic) bond motifs is 2. The Balaban J connectivity index is 1.59. The summed E-state index contributed by atoms with van der Waals surface area (Å²) in [5, 5.41) is 3.75. The third kappa shape index (κ3) is 3.16. The molecule has 0 radical (unpaired) electrons. The molecule has 3 aliphatic rings. The molecule has 2 aliphatic heterocycles. The van der Waals surface area contributed by atoms with Gasteiger partial charge in [0.2, 0.25) is 0 Å². The first-order valence-electron chi connectivity index (χ1n) is 9.47. The van der Waals surface area contributed by atoms with Crippen molar-refractivity contribution in [1.29, 1.82) is 0 Å². The van der Waals surface area contributed by atoms with E-state index in [-0.39, 0.29) is 0 Å². The van der Waals surface area contributed by atoms with E-state index in [0.29, 0.717) is 17.5 Å². The summed E-state index contributed by atoms with van der Waals surface area (Å²) in [6, 6.07) is 5.40. The minimum Gasteiger partial charge on any atom is -0.397 e. The minimum absolute atomic E-state index is 0.409. The van der Waals surface area contributed by atoms with E-state index in [2.05, 4.69) is 42.3 Å². The number of hydrogen-bond acceptors (Lipinski definition) is 4. The molecule has 2 unspecified atom stereocenters. The molecule has 24 heavy (non-hydrogen) atoms. The first-order chi connectivity index (χ1) is 11.5. The SMILES string of the molecule is CC1(C)CC=C(c2nc(N3CC4CCCC(C3)N4)ccc2N)CC1. The van der Waals surface area contributed by atoms with Gasteiger partial charge in [0.05, 0.1) is 11.4 Å². The molecule has 4 rings (SSSR count). The lowest BCUT2D eigenvalue weighted by Crippen LogP contribution is -2.59. The molecule has 3 heterocycles. The number of piperazine rings is 1. The van der Waals surface area contributed by atoms with Crippen LogP contribution in [0.2, 0.25) is 0 Å². The summed E-state index contributed by atoms with van der Waals surface area (Å²) in [5.74, 6) is 1.10. The molecule has 130 valence electrons. The van der Waals surface area contributed by atoms with Crippen molar-refractivity contribution >= 4 is 17.1 Å². The average Bonchev–Trinajstić information content (AvgIpc) is 2.55. The van der Waals surface area contributed by atoms with Gasteiger partial charge in [0.15, 0.2) is 0 Å². The Kier molecular flexibility index (Phi) is 4.03. The summed E-state index contributed by atoms with van der Waals surface area (Å²) in [5.41, 5.74) is 9.86. The standard InChI is InChI=1S/C20H30N4/c1-20(2)10-8-14(9-11-20)19-17(21)6-7-18(23-19)24-12-15-4-3-5-16(13-24)22-15/h6-8,15-16,22H,3-5,9-13,21H2,1-2H3. The number of nitrogens with one attached hydrogen (secondary N) is 1. The van der Waals surface area contributed by atoms with Crippen LogP contribution in [-0.2, 0) is 0 Å². The Bertz CT molecular complexity index is 637. The number of hydrogen-bond donors (Lipinski definition) is 2. The molecule has 0 aromatic carbocycles. The molecule has 1 aliphatic carbocycles. The third-order valence-corrected chi connectivity index (χ3v) is 5.97. The fourth-order valence-electron chi connectivity index (χ4n) is 4.38. The van der Waals surface area contributed by atoms with Gasteiger partial charge >= 0.3 is 0 Å². The highest BCUT2D eigenvalue weighted by molar-refractivity contribution is 5.74. The van der Waals surface area contributed by atoms with Gasteiger partial charge in [0, 0.05) is 25.2 Å². The van der Waals surface area contributed by atoms with E-state index in [9.17, 15) is 0 Å². The summed E-state index contributed by atoms with van der Waals surface area (Å²) in [4.78, 5) is 7.46. The van der Waals surface area contributed by atoms with Crippen LogP contribution < -0.4 is 16.0 Å². The number of pyridine rings is 1. The number of allylic oxidation sites excluding steroid dienone is 2. The van der Waals surface area contributed by atoms with Crippen LogP contribution in [0.15, 0.2) is 18.2 Å². The molecule has 2 atom stereocenters. The maximum absolute atomic E-state index is 6.28. The molecule has 2 bridgehead atoms. The molecule has 0 amide bonds. The van der Waals surface area contributed by atoms with E-state index in [1.165, 1.54) is 31.3 Å². The number of aromatic nitrogens is 1. The molecule has 3 N–H and O–H groups in total. The zero-order valence-corrected chi connectivity index (χ0v) is 15.0. The summed E-state index contributed by atoms with van der Waals surface area (Å²) < 4.78 is 0. The van der Waals surface area contributed by atoms with E-state index in [1.54, 1.807) is 0 Å². The lowest BCUT2D eigenvalue weighted by Gasteiger charge is -2.43. The van der Waals surface area contributed by atoms with Gasteiger partial charge < -0.3 is 16.0 Å². The van der Waals surface area contributed by atoms with Gasteiger partial charge in [-0.15, -0.1) is 0 Å². The molecule has 0 saturated carbocycles. The van der Waals surface area contributed by atoms with Crippen LogP contribution in [0.3, 0.4) is 0 Å². The molecular weight excluding hydrogens is 296 g/mol. The van der Waals surface area contributed by atoms with Crippen LogP contribution in [-0.4, -0.2) is 30.2 Å². The normalized spacial score (nSPS) is 29.2. The molecule has 4 heteroatoms. The topological polar surface area (TPSA) is 54.2 Å². The van der Waals surface area contributed by atoms with Crippen molar-refractivity contribution < 1.29 is 0 Å². The smallest absolute Gasteiger partial charge is 0.129 e. The molecule has 0 spiro atoms. The molecule has 2 saturated heterocycles. The second kappa shape index (κ2) is 6.07. The minimum atomic E-state index is 0.409. The Hall–Kier alpha value is -1.55. The highest BCUT2D eigenvalue weighted by Crippen LogP contribution is 2.39. The fraction of sp³-hybridized carbons (Fsp3) is 0.650. The molecule has 2 fully saturated rings. The van der Waals surface area contributed by atoms with Crippen molar-refractivity contribution in [1.82, 2.24) is 10.3 Å². The first kappa shape index (κ1) is 15.9. The largest absolute Gasteiger partial charge is 0.397 e. The number of nitrogen functional groups attached to an aromatic ring is 1. The number of rotatable bonds is 2. The monoisotopic (exact) mass is 326 g/mol. The van der Waals surface area contributed by atoms with Crippen LogP contribution in [0.1, 0.15) is 58.1 Å². The van der Waals surface area contributed by atoms with E-state index < -0.39 is 0 Å². The Morgan fingerprint density at radius 3 is 2.62 bits per heavy atom.